The maximum atomic E-state index is 6.07. The fourth-order valence-corrected chi connectivity index (χ4v) is 1.76. The Morgan fingerprint density at radius 1 is 1.35 bits per heavy atom. The quantitative estimate of drug-likeness (QED) is 0.764. The minimum absolute atomic E-state index is 0.148. The van der Waals surface area contributed by atoms with Crippen LogP contribution in [0.25, 0.3) is 0 Å². The van der Waals surface area contributed by atoms with Crippen LogP contribution in [0, 0.1) is 0 Å². The summed E-state index contributed by atoms with van der Waals surface area (Å²) in [5.74, 6) is 0.908. The monoisotopic (exact) mass is 231 g/mol. The molecule has 0 heterocycles. The average Bonchev–Trinajstić information content (AvgIpc) is 3.04. The maximum Gasteiger partial charge on any atom is 0.119 e. The Labute approximate surface area is 103 Å². The fraction of sp³-hybridized carbons (Fsp3) is 0.467. The van der Waals surface area contributed by atoms with Gasteiger partial charge in [-0.1, -0.05) is 18.7 Å². The van der Waals surface area contributed by atoms with Gasteiger partial charge < -0.3 is 10.5 Å². The van der Waals surface area contributed by atoms with Gasteiger partial charge in [-0.3, -0.25) is 0 Å². The zero-order valence-corrected chi connectivity index (χ0v) is 10.5. The number of aryl methyl sites for hydroxylation is 1. The first-order valence-electron chi connectivity index (χ1n) is 6.22. The standard InChI is InChI=1S/C15H21NO/c1-12(2)11-17-14-5-3-13(4-6-14)7-8-15(16)9-10-15/h3-6H,1,7-11,16H2,2H3. The highest BCUT2D eigenvalue weighted by molar-refractivity contribution is 5.28. The highest BCUT2D eigenvalue weighted by Crippen LogP contribution is 2.36. The molecule has 92 valence electrons. The van der Waals surface area contributed by atoms with Crippen LogP contribution < -0.4 is 10.5 Å². The Morgan fingerprint density at radius 3 is 2.53 bits per heavy atom. The summed E-state index contributed by atoms with van der Waals surface area (Å²) in [4.78, 5) is 0. The second kappa shape index (κ2) is 4.92. The van der Waals surface area contributed by atoms with Gasteiger partial charge in [0.2, 0.25) is 0 Å². The van der Waals surface area contributed by atoms with Crippen molar-refractivity contribution in [2.75, 3.05) is 6.61 Å². The van der Waals surface area contributed by atoms with Crippen LogP contribution in [-0.4, -0.2) is 12.1 Å². The predicted octanol–water partition coefficient (Wildman–Crippen LogP) is 3.07. The lowest BCUT2D eigenvalue weighted by molar-refractivity contribution is 0.352. The lowest BCUT2D eigenvalue weighted by Crippen LogP contribution is -2.22. The summed E-state index contributed by atoms with van der Waals surface area (Å²) in [6.07, 6.45) is 4.54. The summed E-state index contributed by atoms with van der Waals surface area (Å²) < 4.78 is 5.56. The van der Waals surface area contributed by atoms with Gasteiger partial charge in [0.25, 0.3) is 0 Å². The minimum atomic E-state index is 0.148. The third-order valence-electron chi connectivity index (χ3n) is 3.21. The van der Waals surface area contributed by atoms with Crippen molar-refractivity contribution in [3.63, 3.8) is 0 Å². The van der Waals surface area contributed by atoms with Gasteiger partial charge in [-0.05, 0) is 55.9 Å². The van der Waals surface area contributed by atoms with Gasteiger partial charge in [0.15, 0.2) is 0 Å². The second-order valence-electron chi connectivity index (χ2n) is 5.25. The van der Waals surface area contributed by atoms with Gasteiger partial charge in [0.05, 0.1) is 0 Å². The van der Waals surface area contributed by atoms with E-state index in [1.807, 2.05) is 19.1 Å². The molecule has 0 saturated heterocycles. The summed E-state index contributed by atoms with van der Waals surface area (Å²) in [6, 6.07) is 8.29. The molecule has 2 heteroatoms. The lowest BCUT2D eigenvalue weighted by Gasteiger charge is -2.09. The van der Waals surface area contributed by atoms with Gasteiger partial charge in [0.1, 0.15) is 12.4 Å². The molecule has 0 spiro atoms. The van der Waals surface area contributed by atoms with Crippen LogP contribution in [0.4, 0.5) is 0 Å². The van der Waals surface area contributed by atoms with Crippen LogP contribution in [-0.2, 0) is 6.42 Å². The molecule has 0 amide bonds. The van der Waals surface area contributed by atoms with Crippen LogP contribution >= 0.6 is 0 Å². The van der Waals surface area contributed by atoms with E-state index in [4.69, 9.17) is 10.5 Å². The third kappa shape index (κ3) is 3.90. The molecule has 1 aliphatic rings. The maximum absolute atomic E-state index is 6.07. The minimum Gasteiger partial charge on any atom is -0.489 e. The van der Waals surface area contributed by atoms with Crippen molar-refractivity contribution in [2.24, 2.45) is 5.73 Å². The molecule has 0 atom stereocenters. The van der Waals surface area contributed by atoms with Crippen molar-refractivity contribution in [2.45, 2.75) is 38.1 Å². The molecular weight excluding hydrogens is 210 g/mol. The van der Waals surface area contributed by atoms with E-state index < -0.39 is 0 Å². The summed E-state index contributed by atoms with van der Waals surface area (Å²) in [6.45, 7) is 6.36. The molecule has 1 saturated carbocycles. The Morgan fingerprint density at radius 2 is 2.00 bits per heavy atom. The first kappa shape index (κ1) is 12.2. The molecule has 1 aromatic rings. The molecule has 17 heavy (non-hydrogen) atoms. The van der Waals surface area contributed by atoms with E-state index in [1.165, 1.54) is 18.4 Å². The highest BCUT2D eigenvalue weighted by Gasteiger charge is 2.37. The van der Waals surface area contributed by atoms with Gasteiger partial charge >= 0.3 is 0 Å². The van der Waals surface area contributed by atoms with Gasteiger partial charge in [0, 0.05) is 5.54 Å². The Hall–Kier alpha value is -1.28. The number of nitrogens with two attached hydrogens (primary N) is 1. The Kier molecular flexibility index (Phi) is 3.53. The summed E-state index contributed by atoms with van der Waals surface area (Å²) in [5.41, 5.74) is 8.59. The van der Waals surface area contributed by atoms with Gasteiger partial charge in [-0.2, -0.15) is 0 Å². The van der Waals surface area contributed by atoms with E-state index in [1.54, 1.807) is 0 Å². The number of ether oxygens (including phenoxy) is 1. The van der Waals surface area contributed by atoms with E-state index in [0.717, 1.165) is 24.2 Å². The molecule has 0 aromatic heterocycles. The van der Waals surface area contributed by atoms with Crippen LogP contribution in [0.2, 0.25) is 0 Å². The molecule has 2 nitrogen and oxygen atoms in total. The van der Waals surface area contributed by atoms with Crippen LogP contribution in [0.5, 0.6) is 5.75 Å². The van der Waals surface area contributed by atoms with Crippen molar-refractivity contribution in [3.05, 3.63) is 42.0 Å². The normalized spacial score (nSPS) is 16.6. The zero-order chi connectivity index (χ0) is 12.3. The van der Waals surface area contributed by atoms with Crippen molar-refractivity contribution in [1.29, 1.82) is 0 Å². The highest BCUT2D eigenvalue weighted by atomic mass is 16.5. The van der Waals surface area contributed by atoms with E-state index >= 15 is 0 Å². The van der Waals surface area contributed by atoms with Crippen LogP contribution in [0.3, 0.4) is 0 Å². The predicted molar refractivity (Wildman–Crippen MR) is 71.2 cm³/mol. The number of benzene rings is 1. The number of hydrogen-bond acceptors (Lipinski definition) is 2. The summed E-state index contributed by atoms with van der Waals surface area (Å²) in [7, 11) is 0. The van der Waals surface area contributed by atoms with Gasteiger partial charge in [-0.15, -0.1) is 0 Å². The van der Waals surface area contributed by atoms with Crippen molar-refractivity contribution in [3.8, 4) is 5.75 Å². The van der Waals surface area contributed by atoms with E-state index in [2.05, 4.69) is 18.7 Å². The SMILES string of the molecule is C=C(C)COc1ccc(CCC2(N)CC2)cc1. The van der Waals surface area contributed by atoms with Crippen LogP contribution in [0.1, 0.15) is 31.7 Å². The van der Waals surface area contributed by atoms with Crippen molar-refractivity contribution in [1.82, 2.24) is 0 Å². The van der Waals surface area contributed by atoms with Crippen LogP contribution in [0.15, 0.2) is 36.4 Å². The average molecular weight is 231 g/mol. The topological polar surface area (TPSA) is 35.2 Å². The van der Waals surface area contributed by atoms with Crippen molar-refractivity contribution < 1.29 is 4.74 Å². The molecule has 0 aliphatic heterocycles. The Bertz CT molecular complexity index is 390. The molecule has 0 radical (unpaired) electrons. The fourth-order valence-electron chi connectivity index (χ4n) is 1.76. The summed E-state index contributed by atoms with van der Waals surface area (Å²) >= 11 is 0. The van der Waals surface area contributed by atoms with Gasteiger partial charge in [-0.25, -0.2) is 0 Å². The third-order valence-corrected chi connectivity index (χ3v) is 3.21. The second-order valence-corrected chi connectivity index (χ2v) is 5.25. The van der Waals surface area contributed by atoms with E-state index in [9.17, 15) is 0 Å². The zero-order valence-electron chi connectivity index (χ0n) is 10.5. The molecule has 2 N–H and O–H groups in total. The molecule has 0 bridgehead atoms. The van der Waals surface area contributed by atoms with E-state index in [-0.39, 0.29) is 5.54 Å². The summed E-state index contributed by atoms with van der Waals surface area (Å²) in [5, 5.41) is 0. The van der Waals surface area contributed by atoms with E-state index in [0.29, 0.717) is 6.61 Å². The number of hydrogen-bond donors (Lipinski definition) is 1. The molecule has 1 aliphatic carbocycles. The van der Waals surface area contributed by atoms with Crippen molar-refractivity contribution >= 4 is 0 Å². The Balaban J connectivity index is 1.82. The molecule has 2 rings (SSSR count). The molecule has 0 unspecified atom stereocenters. The largest absolute Gasteiger partial charge is 0.489 e. The molecule has 1 fully saturated rings. The first-order chi connectivity index (χ1) is 8.07. The molecule has 1 aromatic carbocycles. The smallest absolute Gasteiger partial charge is 0.119 e. The lowest BCUT2D eigenvalue weighted by atomic mass is 10.0. The number of rotatable bonds is 6. The first-order valence-corrected chi connectivity index (χ1v) is 6.22. The molecular formula is C15H21NO.